The molecule has 4 aromatic rings. The predicted octanol–water partition coefficient (Wildman–Crippen LogP) is 4.55. The van der Waals surface area contributed by atoms with Crippen molar-refractivity contribution >= 4 is 22.8 Å². The number of hydrogen-bond acceptors (Lipinski definition) is 5. The van der Waals surface area contributed by atoms with E-state index in [-0.39, 0.29) is 23.6 Å². The maximum absolute atomic E-state index is 13.5. The maximum Gasteiger partial charge on any atom is 0.229 e. The highest BCUT2D eigenvalue weighted by atomic mass is 19.1. The van der Waals surface area contributed by atoms with Crippen LogP contribution in [0.25, 0.3) is 33.3 Å². The zero-order valence-electron chi connectivity index (χ0n) is 16.3. The number of aryl methyl sites for hydroxylation is 1. The van der Waals surface area contributed by atoms with Gasteiger partial charge in [-0.3, -0.25) is 10.1 Å². The topological polar surface area (TPSA) is 80.7 Å². The standard InChI is InChI=1S/C23H18FN5O/c1-13-18-10-16(6-9-20(18)27-12-26-13)19-11-25-23(29-22(30)15-2-3-15)28-21(19)14-4-7-17(24)8-5-14/h4-12,15H,2-3H2,1H3,(H,25,28,29,30). The van der Waals surface area contributed by atoms with Gasteiger partial charge in [-0.15, -0.1) is 0 Å². The number of anilines is 1. The molecule has 2 aromatic carbocycles. The third-order valence-electron chi connectivity index (χ3n) is 5.24. The SMILES string of the molecule is Cc1ncnc2ccc(-c3cnc(NC(=O)C4CC4)nc3-c3ccc(F)cc3)cc12. The largest absolute Gasteiger partial charge is 0.294 e. The highest BCUT2D eigenvalue weighted by Crippen LogP contribution is 2.34. The second-order valence-electron chi connectivity index (χ2n) is 7.42. The quantitative estimate of drug-likeness (QED) is 0.545. The summed E-state index contributed by atoms with van der Waals surface area (Å²) in [7, 11) is 0. The zero-order chi connectivity index (χ0) is 20.7. The van der Waals surface area contributed by atoms with Gasteiger partial charge in [-0.2, -0.15) is 0 Å². The molecule has 5 rings (SSSR count). The number of carbonyl (C=O) groups is 1. The summed E-state index contributed by atoms with van der Waals surface area (Å²) in [5.74, 6) is -0.0948. The number of fused-ring (bicyclic) bond motifs is 1. The van der Waals surface area contributed by atoms with Crippen molar-refractivity contribution in [1.82, 2.24) is 19.9 Å². The van der Waals surface area contributed by atoms with E-state index in [0.29, 0.717) is 5.69 Å². The molecule has 1 amide bonds. The number of carbonyl (C=O) groups excluding carboxylic acids is 1. The van der Waals surface area contributed by atoms with Gasteiger partial charge in [-0.25, -0.2) is 24.3 Å². The Kier molecular flexibility index (Phi) is 4.43. The molecular weight excluding hydrogens is 381 g/mol. The molecule has 0 unspecified atom stereocenters. The molecule has 1 N–H and O–H groups in total. The van der Waals surface area contributed by atoms with Crippen LogP contribution in [0.3, 0.4) is 0 Å². The summed E-state index contributed by atoms with van der Waals surface area (Å²) in [5, 5.41) is 3.72. The summed E-state index contributed by atoms with van der Waals surface area (Å²) in [5.41, 5.74) is 4.74. The van der Waals surface area contributed by atoms with Gasteiger partial charge in [0.2, 0.25) is 11.9 Å². The lowest BCUT2D eigenvalue weighted by molar-refractivity contribution is -0.117. The van der Waals surface area contributed by atoms with Gasteiger partial charge in [0.1, 0.15) is 12.1 Å². The molecule has 7 heteroatoms. The Morgan fingerprint density at radius 1 is 1.03 bits per heavy atom. The van der Waals surface area contributed by atoms with Crippen LogP contribution in [0, 0.1) is 18.7 Å². The van der Waals surface area contributed by atoms with Gasteiger partial charge in [0.15, 0.2) is 0 Å². The molecule has 1 aliphatic carbocycles. The molecule has 0 bridgehead atoms. The molecule has 0 spiro atoms. The molecule has 1 saturated carbocycles. The van der Waals surface area contributed by atoms with E-state index in [4.69, 9.17) is 0 Å². The molecule has 0 aliphatic heterocycles. The van der Waals surface area contributed by atoms with Gasteiger partial charge in [0.05, 0.1) is 11.2 Å². The molecule has 1 fully saturated rings. The first kappa shape index (κ1) is 18.3. The summed E-state index contributed by atoms with van der Waals surface area (Å²) in [6, 6.07) is 12.0. The Balaban J connectivity index is 1.64. The van der Waals surface area contributed by atoms with Crippen LogP contribution >= 0.6 is 0 Å². The normalized spacial score (nSPS) is 13.4. The Labute approximate surface area is 172 Å². The fourth-order valence-corrected chi connectivity index (χ4v) is 3.39. The van der Waals surface area contributed by atoms with E-state index in [9.17, 15) is 9.18 Å². The average molecular weight is 399 g/mol. The molecule has 0 atom stereocenters. The number of amides is 1. The molecule has 6 nitrogen and oxygen atoms in total. The lowest BCUT2D eigenvalue weighted by Gasteiger charge is -2.12. The zero-order valence-corrected chi connectivity index (χ0v) is 16.3. The van der Waals surface area contributed by atoms with Gasteiger partial charge >= 0.3 is 0 Å². The third-order valence-corrected chi connectivity index (χ3v) is 5.24. The second kappa shape index (κ2) is 7.26. The number of rotatable bonds is 4. The van der Waals surface area contributed by atoms with E-state index in [1.165, 1.54) is 12.1 Å². The fourth-order valence-electron chi connectivity index (χ4n) is 3.39. The first-order chi connectivity index (χ1) is 14.6. The lowest BCUT2D eigenvalue weighted by atomic mass is 9.99. The second-order valence-corrected chi connectivity index (χ2v) is 7.42. The van der Waals surface area contributed by atoms with Crippen LogP contribution in [0.15, 0.2) is 55.0 Å². The average Bonchev–Trinajstić information content (AvgIpc) is 3.60. The minimum atomic E-state index is -0.324. The van der Waals surface area contributed by atoms with Crippen LogP contribution in [0.1, 0.15) is 18.5 Å². The third kappa shape index (κ3) is 3.50. The molecule has 2 aromatic heterocycles. The lowest BCUT2D eigenvalue weighted by Crippen LogP contribution is -2.15. The van der Waals surface area contributed by atoms with Crippen LogP contribution in [0.2, 0.25) is 0 Å². The minimum Gasteiger partial charge on any atom is -0.294 e. The van der Waals surface area contributed by atoms with Crippen molar-refractivity contribution in [3.63, 3.8) is 0 Å². The van der Waals surface area contributed by atoms with E-state index in [1.807, 2.05) is 25.1 Å². The highest BCUT2D eigenvalue weighted by molar-refractivity contribution is 5.94. The summed E-state index contributed by atoms with van der Waals surface area (Å²) >= 11 is 0. The monoisotopic (exact) mass is 399 g/mol. The van der Waals surface area contributed by atoms with Crippen molar-refractivity contribution in [3.05, 3.63) is 66.5 Å². The van der Waals surface area contributed by atoms with Crippen molar-refractivity contribution in [2.45, 2.75) is 19.8 Å². The van der Waals surface area contributed by atoms with Crippen molar-refractivity contribution in [2.24, 2.45) is 5.92 Å². The molecule has 2 heterocycles. The Morgan fingerprint density at radius 3 is 2.57 bits per heavy atom. The Hall–Kier alpha value is -3.74. The molecule has 148 valence electrons. The Bertz CT molecular complexity index is 1270. The highest BCUT2D eigenvalue weighted by Gasteiger charge is 2.30. The number of nitrogens with zero attached hydrogens (tertiary/aromatic N) is 4. The van der Waals surface area contributed by atoms with Crippen LogP contribution in [-0.4, -0.2) is 25.8 Å². The van der Waals surface area contributed by atoms with E-state index in [2.05, 4.69) is 25.3 Å². The van der Waals surface area contributed by atoms with E-state index in [1.54, 1.807) is 24.7 Å². The fraction of sp³-hybridized carbons (Fsp3) is 0.174. The number of aromatic nitrogens is 4. The number of nitrogens with one attached hydrogen (secondary N) is 1. The molecule has 30 heavy (non-hydrogen) atoms. The first-order valence-electron chi connectivity index (χ1n) is 9.74. The number of hydrogen-bond donors (Lipinski definition) is 1. The van der Waals surface area contributed by atoms with Crippen LogP contribution in [0.5, 0.6) is 0 Å². The summed E-state index contributed by atoms with van der Waals surface area (Å²) < 4.78 is 13.5. The maximum atomic E-state index is 13.5. The smallest absolute Gasteiger partial charge is 0.229 e. The summed E-state index contributed by atoms with van der Waals surface area (Å²) in [4.78, 5) is 29.7. The van der Waals surface area contributed by atoms with E-state index >= 15 is 0 Å². The summed E-state index contributed by atoms with van der Waals surface area (Å²) in [6.07, 6.45) is 5.02. The Morgan fingerprint density at radius 2 is 1.80 bits per heavy atom. The van der Waals surface area contributed by atoms with E-state index in [0.717, 1.165) is 46.1 Å². The van der Waals surface area contributed by atoms with Gasteiger partial charge in [0, 0.05) is 34.3 Å². The van der Waals surface area contributed by atoms with Crippen LogP contribution < -0.4 is 5.32 Å². The van der Waals surface area contributed by atoms with Crippen LogP contribution in [0.4, 0.5) is 10.3 Å². The molecule has 0 radical (unpaired) electrons. The molecule has 0 saturated heterocycles. The van der Waals surface area contributed by atoms with E-state index < -0.39 is 0 Å². The molecular formula is C23H18FN5O. The number of halogens is 1. The van der Waals surface area contributed by atoms with Crippen molar-refractivity contribution in [2.75, 3.05) is 5.32 Å². The summed E-state index contributed by atoms with van der Waals surface area (Å²) in [6.45, 7) is 1.93. The van der Waals surface area contributed by atoms with Gasteiger partial charge in [0.25, 0.3) is 0 Å². The van der Waals surface area contributed by atoms with Crippen molar-refractivity contribution < 1.29 is 9.18 Å². The minimum absolute atomic E-state index is 0.0472. The first-order valence-corrected chi connectivity index (χ1v) is 9.74. The van der Waals surface area contributed by atoms with Crippen molar-refractivity contribution in [3.8, 4) is 22.4 Å². The molecule has 1 aliphatic rings. The van der Waals surface area contributed by atoms with Crippen LogP contribution in [-0.2, 0) is 4.79 Å². The number of benzene rings is 2. The van der Waals surface area contributed by atoms with Gasteiger partial charge in [-0.1, -0.05) is 6.07 Å². The van der Waals surface area contributed by atoms with Gasteiger partial charge in [-0.05, 0) is 61.7 Å². The van der Waals surface area contributed by atoms with Gasteiger partial charge < -0.3 is 0 Å². The van der Waals surface area contributed by atoms with Crippen molar-refractivity contribution in [1.29, 1.82) is 0 Å². The predicted molar refractivity (Wildman–Crippen MR) is 112 cm³/mol.